The van der Waals surface area contributed by atoms with Crippen molar-refractivity contribution in [3.8, 4) is 0 Å². The Morgan fingerprint density at radius 1 is 1.30 bits per heavy atom. The number of halogens is 1. The monoisotopic (exact) mass is 157 g/mol. The van der Waals surface area contributed by atoms with Crippen molar-refractivity contribution in [2.75, 3.05) is 0 Å². The Kier molecular flexibility index (Phi) is 2.17. The van der Waals surface area contributed by atoms with Crippen LogP contribution in [0.5, 0.6) is 0 Å². The Bertz CT molecular complexity index is 236. The fourth-order valence-electron chi connectivity index (χ4n) is 0.630. The van der Waals surface area contributed by atoms with E-state index in [9.17, 15) is 0 Å². The van der Waals surface area contributed by atoms with Crippen molar-refractivity contribution in [2.45, 2.75) is 19.7 Å². The van der Waals surface area contributed by atoms with Crippen LogP contribution in [0.25, 0.3) is 0 Å². The number of aromatic nitrogens is 3. The first-order chi connectivity index (χ1) is 4.74. The van der Waals surface area contributed by atoms with Gasteiger partial charge in [0, 0.05) is 0 Å². The van der Waals surface area contributed by atoms with Crippen molar-refractivity contribution in [3.05, 3.63) is 17.2 Å². The minimum Gasteiger partial charge on any atom is -0.233 e. The van der Waals surface area contributed by atoms with E-state index < -0.39 is 0 Å². The average Bonchev–Trinajstić information content (AvgIpc) is 1.94. The van der Waals surface area contributed by atoms with E-state index in [4.69, 9.17) is 11.6 Å². The topological polar surface area (TPSA) is 38.7 Å². The summed E-state index contributed by atoms with van der Waals surface area (Å²) in [6, 6.07) is 0. The van der Waals surface area contributed by atoms with Crippen LogP contribution in [-0.2, 0) is 5.88 Å². The second kappa shape index (κ2) is 2.92. The van der Waals surface area contributed by atoms with E-state index in [-0.39, 0.29) is 0 Å². The SMILES string of the molecule is Cc1nnc(C)c(CCl)n1. The summed E-state index contributed by atoms with van der Waals surface area (Å²) in [7, 11) is 0. The van der Waals surface area contributed by atoms with E-state index in [1.165, 1.54) is 0 Å². The number of hydrogen-bond donors (Lipinski definition) is 0. The van der Waals surface area contributed by atoms with Crippen LogP contribution in [0.1, 0.15) is 17.2 Å². The summed E-state index contributed by atoms with van der Waals surface area (Å²) in [5.74, 6) is 1.07. The van der Waals surface area contributed by atoms with Gasteiger partial charge < -0.3 is 0 Å². The second-order valence-corrected chi connectivity index (χ2v) is 2.29. The minimum atomic E-state index is 0.405. The maximum absolute atomic E-state index is 5.57. The van der Waals surface area contributed by atoms with Crippen molar-refractivity contribution < 1.29 is 0 Å². The Morgan fingerprint density at radius 3 is 2.50 bits per heavy atom. The normalized spacial score (nSPS) is 9.90. The van der Waals surface area contributed by atoms with Gasteiger partial charge in [0.15, 0.2) is 0 Å². The van der Waals surface area contributed by atoms with Crippen LogP contribution < -0.4 is 0 Å². The van der Waals surface area contributed by atoms with Crippen LogP contribution in [0, 0.1) is 13.8 Å². The maximum Gasteiger partial charge on any atom is 0.148 e. The van der Waals surface area contributed by atoms with Crippen LogP contribution in [-0.4, -0.2) is 15.2 Å². The molecular formula is C6H8ClN3. The van der Waals surface area contributed by atoms with Gasteiger partial charge in [-0.05, 0) is 13.8 Å². The molecule has 1 aromatic heterocycles. The Balaban J connectivity index is 3.09. The third-order valence-electron chi connectivity index (χ3n) is 1.19. The van der Waals surface area contributed by atoms with Gasteiger partial charge in [0.05, 0.1) is 17.3 Å². The molecule has 0 radical (unpaired) electrons. The molecule has 4 heteroatoms. The third-order valence-corrected chi connectivity index (χ3v) is 1.44. The summed E-state index contributed by atoms with van der Waals surface area (Å²) in [5.41, 5.74) is 1.62. The summed E-state index contributed by atoms with van der Waals surface area (Å²) in [6.45, 7) is 3.64. The average molecular weight is 158 g/mol. The standard InChI is InChI=1S/C6H8ClN3/c1-4-6(3-7)8-5(2)10-9-4/h3H2,1-2H3. The van der Waals surface area contributed by atoms with Crippen LogP contribution in [0.2, 0.25) is 0 Å². The quantitative estimate of drug-likeness (QED) is 0.576. The summed E-state index contributed by atoms with van der Waals surface area (Å²) in [5, 5.41) is 7.62. The smallest absolute Gasteiger partial charge is 0.148 e. The molecule has 0 bridgehead atoms. The molecule has 0 aliphatic heterocycles. The van der Waals surface area contributed by atoms with Gasteiger partial charge in [-0.25, -0.2) is 4.98 Å². The first kappa shape index (κ1) is 7.41. The second-order valence-electron chi connectivity index (χ2n) is 2.02. The molecular weight excluding hydrogens is 150 g/mol. The molecule has 0 fully saturated rings. The third kappa shape index (κ3) is 1.42. The van der Waals surface area contributed by atoms with Gasteiger partial charge in [0.25, 0.3) is 0 Å². The van der Waals surface area contributed by atoms with Crippen molar-refractivity contribution in [1.29, 1.82) is 0 Å². The zero-order valence-electron chi connectivity index (χ0n) is 5.93. The fraction of sp³-hybridized carbons (Fsp3) is 0.500. The highest BCUT2D eigenvalue weighted by molar-refractivity contribution is 6.16. The summed E-state index contributed by atoms with van der Waals surface area (Å²) in [4.78, 5) is 4.09. The lowest BCUT2D eigenvalue weighted by molar-refractivity contribution is 0.843. The Labute approximate surface area is 64.5 Å². The van der Waals surface area contributed by atoms with Gasteiger partial charge in [-0.2, -0.15) is 5.10 Å². The highest BCUT2D eigenvalue weighted by Gasteiger charge is 1.99. The number of alkyl halides is 1. The Hall–Kier alpha value is -0.700. The molecule has 1 aromatic rings. The predicted octanol–water partition coefficient (Wildman–Crippen LogP) is 1.23. The molecule has 0 aliphatic carbocycles. The lowest BCUT2D eigenvalue weighted by Crippen LogP contribution is -2.00. The molecule has 1 heterocycles. The molecule has 0 spiro atoms. The van der Waals surface area contributed by atoms with E-state index in [0.717, 1.165) is 11.4 Å². The maximum atomic E-state index is 5.57. The molecule has 0 aromatic carbocycles. The lowest BCUT2D eigenvalue weighted by Gasteiger charge is -1.97. The number of nitrogens with zero attached hydrogens (tertiary/aromatic N) is 3. The van der Waals surface area contributed by atoms with Gasteiger partial charge in [-0.15, -0.1) is 16.7 Å². The molecule has 0 unspecified atom stereocenters. The molecule has 1 rings (SSSR count). The summed E-state index contributed by atoms with van der Waals surface area (Å²) < 4.78 is 0. The zero-order chi connectivity index (χ0) is 7.56. The van der Waals surface area contributed by atoms with E-state index in [0.29, 0.717) is 11.7 Å². The number of hydrogen-bond acceptors (Lipinski definition) is 3. The molecule has 3 nitrogen and oxygen atoms in total. The lowest BCUT2D eigenvalue weighted by atomic mass is 10.4. The molecule has 0 saturated heterocycles. The molecule has 0 atom stereocenters. The van der Waals surface area contributed by atoms with Gasteiger partial charge >= 0.3 is 0 Å². The van der Waals surface area contributed by atoms with Crippen LogP contribution in [0.4, 0.5) is 0 Å². The van der Waals surface area contributed by atoms with E-state index >= 15 is 0 Å². The van der Waals surface area contributed by atoms with E-state index in [1.807, 2.05) is 6.92 Å². The van der Waals surface area contributed by atoms with E-state index in [1.54, 1.807) is 6.92 Å². The molecule has 10 heavy (non-hydrogen) atoms. The van der Waals surface area contributed by atoms with Crippen LogP contribution in [0.15, 0.2) is 0 Å². The molecule has 54 valence electrons. The van der Waals surface area contributed by atoms with Gasteiger partial charge in [0.2, 0.25) is 0 Å². The molecule has 0 N–H and O–H groups in total. The first-order valence-electron chi connectivity index (χ1n) is 2.97. The van der Waals surface area contributed by atoms with Crippen LogP contribution in [0.3, 0.4) is 0 Å². The van der Waals surface area contributed by atoms with Crippen molar-refractivity contribution >= 4 is 11.6 Å². The van der Waals surface area contributed by atoms with Gasteiger partial charge in [0.1, 0.15) is 5.82 Å². The molecule has 0 amide bonds. The van der Waals surface area contributed by atoms with Crippen molar-refractivity contribution in [2.24, 2.45) is 0 Å². The fourth-order valence-corrected chi connectivity index (χ4v) is 0.883. The Morgan fingerprint density at radius 2 is 2.00 bits per heavy atom. The number of aryl methyl sites for hydroxylation is 2. The minimum absolute atomic E-state index is 0.405. The largest absolute Gasteiger partial charge is 0.233 e. The summed E-state index contributed by atoms with van der Waals surface area (Å²) in [6.07, 6.45) is 0. The highest BCUT2D eigenvalue weighted by Crippen LogP contribution is 2.02. The van der Waals surface area contributed by atoms with Gasteiger partial charge in [-0.3, -0.25) is 0 Å². The summed E-state index contributed by atoms with van der Waals surface area (Å²) >= 11 is 5.57. The molecule has 0 aliphatic rings. The predicted molar refractivity (Wildman–Crippen MR) is 38.9 cm³/mol. The van der Waals surface area contributed by atoms with Crippen LogP contribution >= 0.6 is 11.6 Å². The first-order valence-corrected chi connectivity index (χ1v) is 3.50. The number of rotatable bonds is 1. The zero-order valence-corrected chi connectivity index (χ0v) is 6.68. The highest BCUT2D eigenvalue weighted by atomic mass is 35.5. The van der Waals surface area contributed by atoms with E-state index in [2.05, 4.69) is 15.2 Å². The van der Waals surface area contributed by atoms with Crippen molar-refractivity contribution in [1.82, 2.24) is 15.2 Å². The van der Waals surface area contributed by atoms with Gasteiger partial charge in [-0.1, -0.05) is 0 Å². The van der Waals surface area contributed by atoms with Crippen molar-refractivity contribution in [3.63, 3.8) is 0 Å². The molecule has 0 saturated carbocycles.